The summed E-state index contributed by atoms with van der Waals surface area (Å²) in [4.78, 5) is 5.25. The molecule has 2 nitrogen and oxygen atoms in total. The number of benzene rings is 2. The molecule has 5 heteroatoms. The molecule has 2 aromatic carbocycles. The Hall–Kier alpha value is -1.42. The number of nitrogens with zero attached hydrogens (tertiary/aromatic N) is 2. The largest absolute Gasteiger partial charge is 0.336 e. The van der Waals surface area contributed by atoms with Gasteiger partial charge in [0.2, 0.25) is 0 Å². The lowest BCUT2D eigenvalue weighted by molar-refractivity contribution is 0.683. The van der Waals surface area contributed by atoms with Gasteiger partial charge >= 0.3 is 0 Å². The van der Waals surface area contributed by atoms with Crippen LogP contribution in [0.5, 0.6) is 0 Å². The Bertz CT molecular complexity index is 786. The number of thioether (sulfide) groups is 1. The predicted molar refractivity (Wildman–Crippen MR) is 103 cm³/mol. The van der Waals surface area contributed by atoms with Crippen LogP contribution in [0.15, 0.2) is 66.1 Å². The summed E-state index contributed by atoms with van der Waals surface area (Å²) < 4.78 is 2.10. The lowest BCUT2D eigenvalue weighted by Gasteiger charge is -2.18. The first-order valence-corrected chi connectivity index (χ1v) is 9.45. The zero-order chi connectivity index (χ0) is 16.9. The van der Waals surface area contributed by atoms with Gasteiger partial charge in [0.15, 0.2) is 0 Å². The highest BCUT2D eigenvalue weighted by molar-refractivity contribution is 7.99. The standard InChI is InChI=1S/C19H18Cl2N2S/c1-2-14-3-5-15(6-4-14)19(12-23-10-9-22-13-23)24-16-7-8-17(20)18(21)11-16/h3-11,13,19H,2,12H2,1H3. The van der Waals surface area contributed by atoms with E-state index in [0.717, 1.165) is 17.9 Å². The number of aromatic nitrogens is 2. The molecular formula is C19H18Cl2N2S. The number of rotatable bonds is 6. The number of hydrogen-bond donors (Lipinski definition) is 0. The average Bonchev–Trinajstić information content (AvgIpc) is 3.11. The van der Waals surface area contributed by atoms with E-state index in [4.69, 9.17) is 23.2 Å². The molecule has 124 valence electrons. The second-order valence-corrected chi connectivity index (χ2v) is 7.63. The normalized spacial score (nSPS) is 12.3. The van der Waals surface area contributed by atoms with E-state index in [1.807, 2.05) is 30.7 Å². The molecule has 3 rings (SSSR count). The van der Waals surface area contributed by atoms with Crippen LogP contribution in [-0.2, 0) is 13.0 Å². The molecule has 0 N–H and O–H groups in total. The highest BCUT2D eigenvalue weighted by atomic mass is 35.5. The topological polar surface area (TPSA) is 17.8 Å². The predicted octanol–water partition coefficient (Wildman–Crippen LogP) is 6.29. The maximum Gasteiger partial charge on any atom is 0.0946 e. The van der Waals surface area contributed by atoms with E-state index in [1.54, 1.807) is 18.0 Å². The van der Waals surface area contributed by atoms with Gasteiger partial charge in [-0.1, -0.05) is 54.4 Å². The van der Waals surface area contributed by atoms with E-state index in [1.165, 1.54) is 11.1 Å². The summed E-state index contributed by atoms with van der Waals surface area (Å²) in [7, 11) is 0. The van der Waals surface area contributed by atoms with Gasteiger partial charge in [0.05, 0.1) is 21.6 Å². The molecule has 0 bridgehead atoms. The highest BCUT2D eigenvalue weighted by Crippen LogP contribution is 2.38. The molecule has 0 fully saturated rings. The van der Waals surface area contributed by atoms with Gasteiger partial charge in [-0.25, -0.2) is 4.98 Å². The summed E-state index contributed by atoms with van der Waals surface area (Å²) in [5, 5.41) is 1.44. The van der Waals surface area contributed by atoms with Gasteiger partial charge in [-0.15, -0.1) is 11.8 Å². The van der Waals surface area contributed by atoms with Gasteiger partial charge < -0.3 is 4.57 Å². The van der Waals surface area contributed by atoms with Crippen molar-refractivity contribution in [3.05, 3.63) is 82.4 Å². The second-order valence-electron chi connectivity index (χ2n) is 5.54. The Kier molecular flexibility index (Phi) is 5.88. The highest BCUT2D eigenvalue weighted by Gasteiger charge is 2.15. The van der Waals surface area contributed by atoms with Gasteiger partial charge in [-0.3, -0.25) is 0 Å². The van der Waals surface area contributed by atoms with Crippen molar-refractivity contribution in [2.75, 3.05) is 0 Å². The first-order chi connectivity index (χ1) is 11.7. The Labute approximate surface area is 156 Å². The zero-order valence-electron chi connectivity index (χ0n) is 13.3. The van der Waals surface area contributed by atoms with Gasteiger partial charge in [0.25, 0.3) is 0 Å². The molecule has 0 spiro atoms. The lowest BCUT2D eigenvalue weighted by Crippen LogP contribution is -2.05. The molecule has 24 heavy (non-hydrogen) atoms. The molecule has 0 radical (unpaired) electrons. The zero-order valence-corrected chi connectivity index (χ0v) is 15.7. The van der Waals surface area contributed by atoms with Crippen LogP contribution in [0.2, 0.25) is 10.0 Å². The number of aryl methyl sites for hydroxylation is 1. The first kappa shape index (κ1) is 17.4. The van der Waals surface area contributed by atoms with Crippen LogP contribution in [0.25, 0.3) is 0 Å². The fourth-order valence-electron chi connectivity index (χ4n) is 2.48. The molecule has 1 unspecified atom stereocenters. The fraction of sp³-hybridized carbons (Fsp3) is 0.211. The monoisotopic (exact) mass is 376 g/mol. The van der Waals surface area contributed by atoms with Crippen molar-refractivity contribution in [3.63, 3.8) is 0 Å². The number of imidazole rings is 1. The van der Waals surface area contributed by atoms with E-state index in [9.17, 15) is 0 Å². The van der Waals surface area contributed by atoms with Crippen molar-refractivity contribution in [1.29, 1.82) is 0 Å². The third-order valence-corrected chi connectivity index (χ3v) is 5.84. The van der Waals surface area contributed by atoms with Gasteiger partial charge in [-0.05, 0) is 35.7 Å². The van der Waals surface area contributed by atoms with Crippen LogP contribution in [-0.4, -0.2) is 9.55 Å². The van der Waals surface area contributed by atoms with Crippen LogP contribution in [0, 0.1) is 0 Å². The van der Waals surface area contributed by atoms with Gasteiger partial charge in [0, 0.05) is 23.8 Å². The fourth-order valence-corrected chi connectivity index (χ4v) is 4.04. The van der Waals surface area contributed by atoms with Gasteiger partial charge in [-0.2, -0.15) is 0 Å². The van der Waals surface area contributed by atoms with Crippen LogP contribution in [0.4, 0.5) is 0 Å². The number of halogens is 2. The third kappa shape index (κ3) is 4.35. The molecule has 1 atom stereocenters. The Morgan fingerprint density at radius 1 is 1.08 bits per heavy atom. The Morgan fingerprint density at radius 3 is 2.50 bits per heavy atom. The molecule has 3 aromatic rings. The summed E-state index contributed by atoms with van der Waals surface area (Å²) in [6.07, 6.45) is 6.69. The molecule has 0 aliphatic heterocycles. The smallest absolute Gasteiger partial charge is 0.0946 e. The van der Waals surface area contributed by atoms with E-state index >= 15 is 0 Å². The van der Waals surface area contributed by atoms with E-state index in [-0.39, 0.29) is 5.25 Å². The van der Waals surface area contributed by atoms with Crippen LogP contribution in [0.3, 0.4) is 0 Å². The summed E-state index contributed by atoms with van der Waals surface area (Å²) >= 11 is 14.0. The lowest BCUT2D eigenvalue weighted by atomic mass is 10.1. The molecule has 1 heterocycles. The van der Waals surface area contributed by atoms with Crippen molar-refractivity contribution < 1.29 is 0 Å². The van der Waals surface area contributed by atoms with Crippen molar-refractivity contribution in [2.24, 2.45) is 0 Å². The molecule has 0 saturated carbocycles. The minimum absolute atomic E-state index is 0.266. The molecule has 1 aromatic heterocycles. The van der Waals surface area contributed by atoms with E-state index in [0.29, 0.717) is 10.0 Å². The maximum atomic E-state index is 6.17. The van der Waals surface area contributed by atoms with Crippen molar-refractivity contribution in [2.45, 2.75) is 30.0 Å². The minimum Gasteiger partial charge on any atom is -0.336 e. The van der Waals surface area contributed by atoms with Crippen LogP contribution < -0.4 is 0 Å². The van der Waals surface area contributed by atoms with Gasteiger partial charge in [0.1, 0.15) is 0 Å². The average molecular weight is 377 g/mol. The maximum absolute atomic E-state index is 6.17. The molecular weight excluding hydrogens is 359 g/mol. The summed E-state index contributed by atoms with van der Waals surface area (Å²) in [6.45, 7) is 3.01. The molecule has 0 aliphatic carbocycles. The summed E-state index contributed by atoms with van der Waals surface area (Å²) in [5.74, 6) is 0. The van der Waals surface area contributed by atoms with Crippen molar-refractivity contribution in [3.8, 4) is 0 Å². The summed E-state index contributed by atoms with van der Waals surface area (Å²) in [5.41, 5.74) is 2.64. The SMILES string of the molecule is CCc1ccc(C(Cn2ccnc2)Sc2ccc(Cl)c(Cl)c2)cc1. The quantitative estimate of drug-likeness (QED) is 0.470. The Balaban J connectivity index is 1.86. The molecule has 0 saturated heterocycles. The van der Waals surface area contributed by atoms with Crippen LogP contribution >= 0.6 is 35.0 Å². The third-order valence-electron chi connectivity index (χ3n) is 3.86. The van der Waals surface area contributed by atoms with E-state index < -0.39 is 0 Å². The van der Waals surface area contributed by atoms with Crippen molar-refractivity contribution >= 4 is 35.0 Å². The molecule has 0 aliphatic rings. The first-order valence-electron chi connectivity index (χ1n) is 7.82. The molecule has 0 amide bonds. The van der Waals surface area contributed by atoms with Crippen LogP contribution in [0.1, 0.15) is 23.3 Å². The number of hydrogen-bond acceptors (Lipinski definition) is 2. The Morgan fingerprint density at radius 2 is 1.88 bits per heavy atom. The second kappa shape index (κ2) is 8.11. The minimum atomic E-state index is 0.266. The van der Waals surface area contributed by atoms with E-state index in [2.05, 4.69) is 40.7 Å². The van der Waals surface area contributed by atoms with Crippen molar-refractivity contribution in [1.82, 2.24) is 9.55 Å². The summed E-state index contributed by atoms with van der Waals surface area (Å²) in [6, 6.07) is 14.6.